The smallest absolute Gasteiger partial charge is 0.305 e. The number of aliphatic imine (C=N–C) groups is 3. The summed E-state index contributed by atoms with van der Waals surface area (Å²) in [6.45, 7) is 6.51. The molecule has 0 bridgehead atoms. The van der Waals surface area contributed by atoms with Gasteiger partial charge in [-0.25, -0.2) is 0 Å². The minimum atomic E-state index is -1.78. The van der Waals surface area contributed by atoms with E-state index in [0.717, 1.165) is 28.5 Å². The first-order valence-electron chi connectivity index (χ1n) is 37.2. The van der Waals surface area contributed by atoms with Crippen molar-refractivity contribution in [3.63, 3.8) is 0 Å². The summed E-state index contributed by atoms with van der Waals surface area (Å²) >= 11 is 1.30. The zero-order valence-corrected chi connectivity index (χ0v) is 67.6. The molecule has 0 aromatic rings. The van der Waals surface area contributed by atoms with E-state index in [1.165, 1.54) is 28.5 Å². The number of rotatable bonds is 37. The molecule has 0 saturated carbocycles. The molecule has 640 valence electrons. The Bertz CT molecular complexity index is 3440. The molecule has 3 fully saturated rings. The lowest BCUT2D eigenvalue weighted by Crippen LogP contribution is -2.60. The highest BCUT2D eigenvalue weighted by Gasteiger charge is 2.43. The Labute approximate surface area is 672 Å². The van der Waals surface area contributed by atoms with Crippen molar-refractivity contribution >= 4 is 152 Å². The molecule has 0 radical (unpaired) electrons. The number of aliphatic hydroxyl groups is 1. The van der Waals surface area contributed by atoms with Gasteiger partial charge in [0.15, 0.2) is 17.9 Å². The Hall–Kier alpha value is -10.2. The number of hydrogen-bond acceptors (Lipinski definition) is 24. The van der Waals surface area contributed by atoms with E-state index in [2.05, 4.69) is 84.1 Å². The number of carboxylic acids is 1. The molecule has 3 aliphatic heterocycles. The van der Waals surface area contributed by atoms with E-state index >= 15 is 9.59 Å². The highest BCUT2D eigenvalue weighted by Crippen LogP contribution is 2.26. The summed E-state index contributed by atoms with van der Waals surface area (Å²) < 4.78 is 0. The van der Waals surface area contributed by atoms with Crippen molar-refractivity contribution in [1.29, 1.82) is 0 Å². The minimum absolute atomic E-state index is 0.00478. The van der Waals surface area contributed by atoms with Crippen LogP contribution in [0.4, 0.5) is 0 Å². The third kappa shape index (κ3) is 35.9. The van der Waals surface area contributed by atoms with Crippen LogP contribution < -0.4 is 109 Å². The van der Waals surface area contributed by atoms with Crippen molar-refractivity contribution in [3.05, 3.63) is 0 Å². The fourth-order valence-electron chi connectivity index (χ4n) is 12.1. The molecule has 29 N–H and O–H groups in total. The number of nitrogens with one attached hydrogen (secondary N) is 13. The average molecular weight is 1670 g/mol. The molecule has 13 atom stereocenters. The zero-order valence-electron chi connectivity index (χ0n) is 65.2. The van der Waals surface area contributed by atoms with Gasteiger partial charge in [-0.2, -0.15) is 11.8 Å². The number of carbonyl (C=O) groups excluding carboxylic acids is 16. The lowest BCUT2D eigenvalue weighted by atomic mass is 10.0. The van der Waals surface area contributed by atoms with Gasteiger partial charge in [0.05, 0.1) is 26.1 Å². The monoisotopic (exact) mass is 1670 g/mol. The molecule has 0 aromatic carbocycles. The van der Waals surface area contributed by atoms with Crippen LogP contribution in [0.1, 0.15) is 131 Å². The summed E-state index contributed by atoms with van der Waals surface area (Å²) in [6.07, 6.45) is 1.68. The van der Waals surface area contributed by atoms with Crippen molar-refractivity contribution in [3.8, 4) is 0 Å². The van der Waals surface area contributed by atoms with E-state index in [9.17, 15) is 82.1 Å². The quantitative estimate of drug-likeness (QED) is 0.0119. The minimum Gasteiger partial charge on any atom is -0.481 e. The molecule has 0 aliphatic carbocycles. The van der Waals surface area contributed by atoms with Gasteiger partial charge in [-0.15, -0.1) is 0 Å². The maximum absolute atomic E-state index is 15.1. The van der Waals surface area contributed by atoms with Crippen LogP contribution in [0.2, 0.25) is 0 Å². The topological polar surface area (TPSA) is 713 Å². The van der Waals surface area contributed by atoms with Crippen molar-refractivity contribution in [2.24, 2.45) is 66.9 Å². The predicted octanol–water partition coefficient (Wildman–Crippen LogP) is -9.07. The Morgan fingerprint density at radius 2 is 1.18 bits per heavy atom. The van der Waals surface area contributed by atoms with E-state index < -0.39 is 217 Å². The zero-order chi connectivity index (χ0) is 85.5. The Kier molecular flexibility index (Phi) is 43.7. The highest BCUT2D eigenvalue weighted by atomic mass is 33.1. The molecular formula is C67H115N25O19S3. The van der Waals surface area contributed by atoms with Crippen LogP contribution in [0.3, 0.4) is 0 Å². The summed E-state index contributed by atoms with van der Waals surface area (Å²) in [5.41, 5.74) is 38.8. The molecule has 3 saturated heterocycles. The number of fused-ring (bicyclic) bond motifs is 1. The van der Waals surface area contributed by atoms with E-state index in [1.54, 1.807) is 34.0 Å². The molecule has 16 amide bonds. The van der Waals surface area contributed by atoms with E-state index in [-0.39, 0.29) is 145 Å². The number of aliphatic hydroxyl groups excluding tert-OH is 1. The lowest BCUT2D eigenvalue weighted by Gasteiger charge is -2.31. The standard InChI is InChI=1S/C67H115N25O19S3/c1-33(2)25-41(82-49(95)28-79-54(101)44(30-93)89-58(105)43(27-51(97)98)81-36(6)94)56(103)90-46-32-114-113-31-45(59(106)80-35(5)63(110)91-22-11-16-47(91)61(108)84-37(52(68)99)13-8-19-75-65(69)70)83-50(96)29-78-53(100)38(14-9-20-76-66(71)72)85-57(104)42(26-34(3)4)88-55(102)39(15-10-21-77-67(73)74)86-62(109)48-17-12-23-92(48)64(111)40(18-24-112-7)87-60(46)107/h33-35,37-48,93H,8-32H2,1-7H3,(H2,68,99)(H,78,100)(H,79,101)(H,80,106)(H,81,94)(H,82,95)(H,83,96)(H,84,108)(H,85,104)(H,86,109)(H,87,107)(H,88,102)(H,89,105)(H,90,103)(H,97,98)(H4,69,70,75)(H4,71,72,76)(H4,73,74,77)/t35-,37-,38-,39-,40-,41-,42-,43-,44-,45-,46-,47-,48-/m0/s1. The van der Waals surface area contributed by atoms with Crippen LogP contribution in [0.5, 0.6) is 0 Å². The average Bonchev–Trinajstić information content (AvgIpc) is 1.66. The van der Waals surface area contributed by atoms with Gasteiger partial charge in [-0.05, 0) is 114 Å². The summed E-state index contributed by atoms with van der Waals surface area (Å²) in [5, 5.41) is 52.0. The molecule has 114 heavy (non-hydrogen) atoms. The first kappa shape index (κ1) is 98.0. The largest absolute Gasteiger partial charge is 0.481 e. The van der Waals surface area contributed by atoms with Crippen LogP contribution in [0, 0.1) is 11.8 Å². The summed E-state index contributed by atoms with van der Waals surface area (Å²) in [4.78, 5) is 250. The number of carbonyl (C=O) groups is 17. The van der Waals surface area contributed by atoms with Crippen LogP contribution in [0.25, 0.3) is 0 Å². The second-order valence-electron chi connectivity index (χ2n) is 28.1. The van der Waals surface area contributed by atoms with E-state index in [0.29, 0.717) is 6.42 Å². The number of amides is 16. The van der Waals surface area contributed by atoms with Crippen LogP contribution in [0.15, 0.2) is 15.0 Å². The van der Waals surface area contributed by atoms with Gasteiger partial charge in [-0.3, -0.25) is 96.5 Å². The number of guanidine groups is 3. The molecular weight excluding hydrogens is 1560 g/mol. The van der Waals surface area contributed by atoms with Gasteiger partial charge in [-0.1, -0.05) is 49.3 Å². The number of likely N-dealkylation sites (tertiary alicyclic amines) is 1. The van der Waals surface area contributed by atoms with Gasteiger partial charge >= 0.3 is 5.97 Å². The Balaban J connectivity index is 2.22. The van der Waals surface area contributed by atoms with Crippen LogP contribution in [-0.2, 0) is 81.5 Å². The first-order valence-corrected chi connectivity index (χ1v) is 41.1. The second kappa shape index (κ2) is 50.8. The highest BCUT2D eigenvalue weighted by molar-refractivity contribution is 8.76. The lowest BCUT2D eigenvalue weighted by molar-refractivity contribution is -0.142. The van der Waals surface area contributed by atoms with Crippen LogP contribution >= 0.6 is 33.3 Å². The van der Waals surface area contributed by atoms with Gasteiger partial charge < -0.3 is 129 Å². The summed E-state index contributed by atoms with van der Waals surface area (Å²) in [7, 11) is 1.70. The second-order valence-corrected chi connectivity index (χ2v) is 31.6. The third-order valence-electron chi connectivity index (χ3n) is 17.7. The van der Waals surface area contributed by atoms with Crippen LogP contribution in [-0.4, -0.2) is 293 Å². The van der Waals surface area contributed by atoms with Gasteiger partial charge in [0.2, 0.25) is 94.5 Å². The Morgan fingerprint density at radius 1 is 0.596 bits per heavy atom. The first-order chi connectivity index (χ1) is 53.8. The third-order valence-corrected chi connectivity index (χ3v) is 20.7. The van der Waals surface area contributed by atoms with Gasteiger partial charge in [0.1, 0.15) is 78.5 Å². The molecule has 0 aromatic heterocycles. The number of thioether (sulfide) groups is 1. The maximum atomic E-state index is 15.1. The molecule has 47 heteroatoms. The normalized spacial score (nSPS) is 21.6. The molecule has 3 aliphatic rings. The van der Waals surface area contributed by atoms with Crippen molar-refractivity contribution < 1.29 is 91.7 Å². The molecule has 44 nitrogen and oxygen atoms in total. The Morgan fingerprint density at radius 3 is 1.75 bits per heavy atom. The number of nitrogens with two attached hydrogens (primary N) is 7. The summed E-state index contributed by atoms with van der Waals surface area (Å²) in [6, 6.07) is -18.8. The molecule has 0 unspecified atom stereocenters. The van der Waals surface area contributed by atoms with E-state index in [1.807, 2.05) is 0 Å². The van der Waals surface area contributed by atoms with Gasteiger partial charge in [0.25, 0.3) is 0 Å². The van der Waals surface area contributed by atoms with E-state index in [4.69, 9.17) is 40.1 Å². The summed E-state index contributed by atoms with van der Waals surface area (Å²) in [5.74, 6) is -18.1. The number of nitrogens with zero attached hydrogens (tertiary/aromatic N) is 5. The SMILES string of the molecule is CSCC[C@@H]1NC(=O)[C@@H](NC(=O)[C@H](CC(C)C)NC(=O)CNC(=O)[C@H](CO)NC(=O)[C@H](CC(=O)O)NC(C)=O)CSSC[C@@H](C(=O)N[C@@H](C)C(=O)N2CCC[C@H]2C(=O)N[C@@H](CCCN=C(N)N)C(N)=O)NC(=O)CNC(=O)[C@H](CCCN=C(N)N)NC(=O)[C@H](CC(C)C)NC(=O)[C@H](CCCN=C(N)N)NC(=O)[C@@H]2CCCN2C1=O. The van der Waals surface area contributed by atoms with Crippen molar-refractivity contribution in [1.82, 2.24) is 78.9 Å². The predicted molar refractivity (Wildman–Crippen MR) is 423 cm³/mol. The molecule has 3 heterocycles. The maximum Gasteiger partial charge on any atom is 0.305 e. The number of hydrogen-bond donors (Lipinski definition) is 22. The fraction of sp³-hybridized carbons (Fsp3) is 0.701. The van der Waals surface area contributed by atoms with Crippen molar-refractivity contribution in [2.45, 2.75) is 210 Å². The molecule has 3 rings (SSSR count). The fourth-order valence-corrected chi connectivity index (χ4v) is 14.9. The van der Waals surface area contributed by atoms with Crippen molar-refractivity contribution in [2.75, 3.05) is 75.9 Å². The van der Waals surface area contributed by atoms with Gasteiger partial charge in [0, 0.05) is 51.2 Å². The molecule has 0 spiro atoms. The number of primary amides is 1. The number of aliphatic carboxylic acids is 1. The number of carboxylic acid groups (broad SMARTS) is 1.